The number of aromatic nitrogens is 3. The molecule has 0 saturated carbocycles. The molecule has 2 heterocycles. The first-order chi connectivity index (χ1) is 10.2. The van der Waals surface area contributed by atoms with E-state index in [1.165, 1.54) is 13.3 Å². The Bertz CT molecular complexity index is 574. The third kappa shape index (κ3) is 3.35. The third-order valence-electron chi connectivity index (χ3n) is 3.33. The summed E-state index contributed by atoms with van der Waals surface area (Å²) in [4.78, 5) is 22.5. The van der Waals surface area contributed by atoms with Gasteiger partial charge in [0.15, 0.2) is 0 Å². The number of ether oxygens (including phenoxy) is 1. The first-order valence-corrected chi connectivity index (χ1v) is 6.23. The number of halogens is 3. The molecule has 0 radical (unpaired) electrons. The summed E-state index contributed by atoms with van der Waals surface area (Å²) >= 11 is 0. The van der Waals surface area contributed by atoms with Crippen LogP contribution in [-0.4, -0.2) is 69.4 Å². The molecule has 1 aliphatic rings. The molecule has 1 amide bonds. The molecule has 11 heteroatoms. The topological polar surface area (TPSA) is 97.5 Å². The van der Waals surface area contributed by atoms with E-state index in [9.17, 15) is 22.8 Å². The summed E-state index contributed by atoms with van der Waals surface area (Å²) < 4.78 is 43.6. The summed E-state index contributed by atoms with van der Waals surface area (Å²) in [5, 5.41) is 16.0. The summed E-state index contributed by atoms with van der Waals surface area (Å²) in [7, 11) is 1.32. The molecule has 0 aliphatic carbocycles. The minimum atomic E-state index is -4.95. The number of likely N-dealkylation sites (tertiary alicyclic amines) is 1. The molecule has 0 spiro atoms. The van der Waals surface area contributed by atoms with E-state index >= 15 is 0 Å². The van der Waals surface area contributed by atoms with Crippen molar-refractivity contribution in [3.63, 3.8) is 0 Å². The summed E-state index contributed by atoms with van der Waals surface area (Å²) in [6.45, 7) is -0.851. The van der Waals surface area contributed by atoms with Gasteiger partial charge in [0.05, 0.1) is 17.7 Å². The number of alkyl halides is 3. The number of carbonyl (C=O) groups is 2. The van der Waals surface area contributed by atoms with Gasteiger partial charge in [-0.15, -0.1) is 5.10 Å². The molecule has 0 unspecified atom stereocenters. The number of methoxy groups -OCH3 is 1. The van der Waals surface area contributed by atoms with E-state index in [1.54, 1.807) is 0 Å². The number of hydrogen-bond acceptors (Lipinski definition) is 5. The zero-order valence-electron chi connectivity index (χ0n) is 11.4. The van der Waals surface area contributed by atoms with Crippen LogP contribution >= 0.6 is 0 Å². The van der Waals surface area contributed by atoms with Gasteiger partial charge in [0, 0.05) is 26.4 Å². The summed E-state index contributed by atoms with van der Waals surface area (Å²) in [5.74, 6) is -3.66. The summed E-state index contributed by atoms with van der Waals surface area (Å²) in [5.41, 5.74) is 0.283. The van der Waals surface area contributed by atoms with Crippen LogP contribution in [0.3, 0.4) is 0 Å². The molecule has 2 atom stereocenters. The molecular weight excluding hydrogens is 309 g/mol. The average molecular weight is 322 g/mol. The molecule has 8 nitrogen and oxygen atoms in total. The average Bonchev–Trinajstić information content (AvgIpc) is 3.01. The second-order valence-electron chi connectivity index (χ2n) is 4.82. The number of amides is 1. The van der Waals surface area contributed by atoms with Crippen molar-refractivity contribution >= 4 is 11.9 Å². The lowest BCUT2D eigenvalue weighted by atomic mass is 10.0. The van der Waals surface area contributed by atoms with Crippen molar-refractivity contribution in [2.45, 2.75) is 24.7 Å². The van der Waals surface area contributed by atoms with Crippen molar-refractivity contribution in [2.75, 3.05) is 20.2 Å². The molecule has 2 rings (SSSR count). The largest absolute Gasteiger partial charge is 0.480 e. The van der Waals surface area contributed by atoms with E-state index < -0.39 is 36.6 Å². The molecule has 122 valence electrons. The molecular formula is C11H13F3N4O4. The van der Waals surface area contributed by atoms with Gasteiger partial charge in [-0.2, -0.15) is 13.2 Å². The van der Waals surface area contributed by atoms with Crippen molar-refractivity contribution in [2.24, 2.45) is 0 Å². The molecule has 1 aromatic heterocycles. The van der Waals surface area contributed by atoms with E-state index in [4.69, 9.17) is 9.84 Å². The lowest BCUT2D eigenvalue weighted by Gasteiger charge is -2.17. The lowest BCUT2D eigenvalue weighted by Crippen LogP contribution is -2.40. The first kappa shape index (κ1) is 16.2. The molecule has 0 bridgehead atoms. The van der Waals surface area contributed by atoms with Gasteiger partial charge in [0.2, 0.25) is 0 Å². The van der Waals surface area contributed by atoms with E-state index in [-0.39, 0.29) is 18.8 Å². The van der Waals surface area contributed by atoms with Crippen molar-refractivity contribution in [1.29, 1.82) is 0 Å². The van der Waals surface area contributed by atoms with Gasteiger partial charge in [-0.25, -0.2) is 4.68 Å². The van der Waals surface area contributed by atoms with Crippen LogP contribution < -0.4 is 0 Å². The Morgan fingerprint density at radius 3 is 2.68 bits per heavy atom. The Labute approximate surface area is 122 Å². The van der Waals surface area contributed by atoms with Gasteiger partial charge < -0.3 is 14.7 Å². The first-order valence-electron chi connectivity index (χ1n) is 6.23. The van der Waals surface area contributed by atoms with E-state index in [2.05, 4.69) is 10.3 Å². The van der Waals surface area contributed by atoms with Crippen LogP contribution in [0, 0.1) is 0 Å². The van der Waals surface area contributed by atoms with Gasteiger partial charge in [-0.1, -0.05) is 5.21 Å². The quantitative estimate of drug-likeness (QED) is 0.829. The van der Waals surface area contributed by atoms with Gasteiger partial charge in [-0.3, -0.25) is 9.59 Å². The maximum Gasteiger partial charge on any atom is 0.471 e. The Balaban J connectivity index is 2.15. The number of carboxylic acid groups (broad SMARTS) is 1. The molecule has 1 aromatic rings. The van der Waals surface area contributed by atoms with Crippen LogP contribution in [0.1, 0.15) is 11.6 Å². The maximum atomic E-state index is 12.5. The fraction of sp³-hybridized carbons (Fsp3) is 0.636. The van der Waals surface area contributed by atoms with Crippen LogP contribution in [0.4, 0.5) is 13.2 Å². The van der Waals surface area contributed by atoms with Gasteiger partial charge >= 0.3 is 18.1 Å². The van der Waals surface area contributed by atoms with Crippen molar-refractivity contribution in [1.82, 2.24) is 19.9 Å². The van der Waals surface area contributed by atoms with E-state index in [0.29, 0.717) is 4.90 Å². The predicted octanol–water partition coefficient (Wildman–Crippen LogP) is -0.134. The highest BCUT2D eigenvalue weighted by Gasteiger charge is 2.48. The van der Waals surface area contributed by atoms with Gasteiger partial charge in [0.25, 0.3) is 0 Å². The van der Waals surface area contributed by atoms with Crippen LogP contribution in [0.15, 0.2) is 6.20 Å². The third-order valence-corrected chi connectivity index (χ3v) is 3.33. The monoisotopic (exact) mass is 322 g/mol. The van der Waals surface area contributed by atoms with Crippen LogP contribution in [0.2, 0.25) is 0 Å². The molecule has 1 fully saturated rings. The molecule has 1 aliphatic heterocycles. The van der Waals surface area contributed by atoms with Gasteiger partial charge in [0.1, 0.15) is 6.54 Å². The Morgan fingerprint density at radius 2 is 2.14 bits per heavy atom. The second-order valence-corrected chi connectivity index (χ2v) is 4.82. The molecule has 22 heavy (non-hydrogen) atoms. The Hall–Kier alpha value is -2.17. The SMILES string of the molecule is CO[C@@H]1CN(C(=O)C(F)(F)F)C[C@H]1c1cn(CC(=O)O)nn1. The predicted molar refractivity (Wildman–Crippen MR) is 63.8 cm³/mol. The fourth-order valence-electron chi connectivity index (χ4n) is 2.34. The number of rotatable bonds is 4. The number of carboxylic acids is 1. The fourth-order valence-corrected chi connectivity index (χ4v) is 2.34. The van der Waals surface area contributed by atoms with Crippen molar-refractivity contribution in [3.8, 4) is 0 Å². The molecule has 1 saturated heterocycles. The number of aliphatic carboxylic acids is 1. The number of nitrogens with zero attached hydrogens (tertiary/aromatic N) is 4. The van der Waals surface area contributed by atoms with Crippen molar-refractivity contribution in [3.05, 3.63) is 11.9 Å². The standard InChI is InChI=1S/C11H13F3N4O4/c1-22-8-4-17(10(21)11(12,13)14)2-6(8)7-3-18(16-15-7)5-9(19)20/h3,6,8H,2,4-5H2,1H3,(H,19,20)/t6-,8+/m0/s1. The minimum Gasteiger partial charge on any atom is -0.480 e. The zero-order valence-corrected chi connectivity index (χ0v) is 11.4. The minimum absolute atomic E-state index is 0.217. The molecule has 1 N–H and O–H groups in total. The van der Waals surface area contributed by atoms with Gasteiger partial charge in [-0.05, 0) is 0 Å². The van der Waals surface area contributed by atoms with Crippen LogP contribution in [0.25, 0.3) is 0 Å². The highest BCUT2D eigenvalue weighted by Crippen LogP contribution is 2.31. The van der Waals surface area contributed by atoms with Crippen LogP contribution in [0.5, 0.6) is 0 Å². The number of carbonyl (C=O) groups excluding carboxylic acids is 1. The highest BCUT2D eigenvalue weighted by molar-refractivity contribution is 5.82. The molecule has 0 aromatic carbocycles. The lowest BCUT2D eigenvalue weighted by molar-refractivity contribution is -0.184. The summed E-state index contributed by atoms with van der Waals surface area (Å²) in [6, 6.07) is 0. The maximum absolute atomic E-state index is 12.5. The Kier molecular flexibility index (Phi) is 4.35. The second kappa shape index (κ2) is 5.91. The number of hydrogen-bond donors (Lipinski definition) is 1. The Morgan fingerprint density at radius 1 is 1.45 bits per heavy atom. The highest BCUT2D eigenvalue weighted by atomic mass is 19.4. The zero-order chi connectivity index (χ0) is 16.5. The normalized spacial score (nSPS) is 22.1. The summed E-state index contributed by atoms with van der Waals surface area (Å²) in [6.07, 6.45) is -4.29. The van der Waals surface area contributed by atoms with E-state index in [1.807, 2.05) is 0 Å². The van der Waals surface area contributed by atoms with Crippen molar-refractivity contribution < 1.29 is 32.6 Å². The van der Waals surface area contributed by atoms with Crippen LogP contribution in [-0.2, 0) is 20.9 Å². The van der Waals surface area contributed by atoms with E-state index in [0.717, 1.165) is 4.68 Å². The smallest absolute Gasteiger partial charge is 0.471 e.